The second kappa shape index (κ2) is 8.18. The molecule has 1 aromatic carbocycles. The van der Waals surface area contributed by atoms with Crippen molar-refractivity contribution < 1.29 is 14.4 Å². The number of aromatic nitrogens is 2. The molecule has 2 aromatic rings. The van der Waals surface area contributed by atoms with Crippen molar-refractivity contribution in [1.82, 2.24) is 15.1 Å². The Balaban J connectivity index is 1.84. The Kier molecular flexibility index (Phi) is 5.91. The minimum absolute atomic E-state index is 0.116. The van der Waals surface area contributed by atoms with Crippen LogP contribution in [0.3, 0.4) is 0 Å². The average Bonchev–Trinajstić information content (AvgIpc) is 3.17. The van der Waals surface area contributed by atoms with E-state index in [2.05, 4.69) is 15.5 Å². The van der Waals surface area contributed by atoms with Gasteiger partial charge in [-0.3, -0.25) is 24.6 Å². The number of benzene rings is 1. The number of carbonyl (C=O) groups excluding carboxylic acids is 3. The summed E-state index contributed by atoms with van der Waals surface area (Å²) in [6.45, 7) is 5.89. The number of carbonyl (C=O) groups is 3. The van der Waals surface area contributed by atoms with Gasteiger partial charge in [-0.1, -0.05) is 56.0 Å². The van der Waals surface area contributed by atoms with E-state index < -0.39 is 23.8 Å². The summed E-state index contributed by atoms with van der Waals surface area (Å²) < 4.78 is 0.758. The van der Waals surface area contributed by atoms with Gasteiger partial charge in [-0.25, -0.2) is 0 Å². The zero-order valence-electron chi connectivity index (χ0n) is 15.3. The molecule has 0 bridgehead atoms. The number of nitrogens with zero attached hydrogens (tertiary/aromatic N) is 3. The molecule has 142 valence electrons. The number of fused-ring (bicyclic) bond motifs is 1. The van der Waals surface area contributed by atoms with Crippen LogP contribution in [0.2, 0.25) is 0 Å². The van der Waals surface area contributed by atoms with Gasteiger partial charge in [0.1, 0.15) is 6.04 Å². The lowest BCUT2D eigenvalue weighted by molar-refractivity contribution is -0.120. The fraction of sp³-hybridized carbons (Fsp3) is 0.389. The molecule has 1 N–H and O–H groups in total. The number of rotatable bonds is 7. The second-order valence-corrected chi connectivity index (χ2v) is 8.96. The van der Waals surface area contributed by atoms with Gasteiger partial charge in [-0.05, 0) is 30.2 Å². The summed E-state index contributed by atoms with van der Waals surface area (Å²) in [5.74, 6) is -0.326. The van der Waals surface area contributed by atoms with Crippen LogP contribution in [0.15, 0.2) is 28.6 Å². The zero-order chi connectivity index (χ0) is 19.6. The SMILES string of the molecule is CCSc1nnc(NC(=O)[C@@H](CC(C)C)N2C(=O)c3ccccc3C2=O)s1. The molecule has 1 atom stereocenters. The minimum Gasteiger partial charge on any atom is -0.299 e. The molecular formula is C18H20N4O3S2. The van der Waals surface area contributed by atoms with Crippen molar-refractivity contribution in [2.24, 2.45) is 5.92 Å². The highest BCUT2D eigenvalue weighted by Gasteiger charge is 2.42. The van der Waals surface area contributed by atoms with Gasteiger partial charge in [0.15, 0.2) is 4.34 Å². The number of imide groups is 1. The maximum absolute atomic E-state index is 12.9. The first-order chi connectivity index (χ1) is 12.9. The maximum Gasteiger partial charge on any atom is 0.262 e. The van der Waals surface area contributed by atoms with E-state index in [9.17, 15) is 14.4 Å². The summed E-state index contributed by atoms with van der Waals surface area (Å²) in [6.07, 6.45) is 0.368. The van der Waals surface area contributed by atoms with Crippen LogP contribution in [0.5, 0.6) is 0 Å². The van der Waals surface area contributed by atoms with Crippen LogP contribution in [-0.4, -0.2) is 44.6 Å². The average molecular weight is 405 g/mol. The molecule has 3 amide bonds. The first-order valence-electron chi connectivity index (χ1n) is 8.66. The van der Waals surface area contributed by atoms with E-state index in [0.717, 1.165) is 15.0 Å². The van der Waals surface area contributed by atoms with Gasteiger partial charge in [-0.15, -0.1) is 10.2 Å². The molecule has 1 aliphatic rings. The van der Waals surface area contributed by atoms with Gasteiger partial charge < -0.3 is 0 Å². The monoisotopic (exact) mass is 404 g/mol. The third kappa shape index (κ3) is 4.03. The Morgan fingerprint density at radius 3 is 2.37 bits per heavy atom. The van der Waals surface area contributed by atoms with Gasteiger partial charge in [0.2, 0.25) is 11.0 Å². The van der Waals surface area contributed by atoms with Gasteiger partial charge in [0.25, 0.3) is 11.8 Å². The molecule has 1 aliphatic heterocycles. The van der Waals surface area contributed by atoms with Crippen molar-refractivity contribution in [2.75, 3.05) is 11.1 Å². The number of nitrogens with one attached hydrogen (secondary N) is 1. The quantitative estimate of drug-likeness (QED) is 0.432. The van der Waals surface area contributed by atoms with Crippen molar-refractivity contribution >= 4 is 46.0 Å². The Hall–Kier alpha value is -2.26. The number of anilines is 1. The largest absolute Gasteiger partial charge is 0.299 e. The third-order valence-corrected chi connectivity index (χ3v) is 5.89. The van der Waals surface area contributed by atoms with Gasteiger partial charge in [0.05, 0.1) is 11.1 Å². The fourth-order valence-corrected chi connectivity index (χ4v) is 4.55. The van der Waals surface area contributed by atoms with Gasteiger partial charge >= 0.3 is 0 Å². The first-order valence-corrected chi connectivity index (χ1v) is 10.5. The van der Waals surface area contributed by atoms with E-state index in [4.69, 9.17) is 0 Å². The topological polar surface area (TPSA) is 92.3 Å². The lowest BCUT2D eigenvalue weighted by Gasteiger charge is -2.26. The van der Waals surface area contributed by atoms with Crippen LogP contribution < -0.4 is 5.32 Å². The van der Waals surface area contributed by atoms with Crippen LogP contribution in [0.25, 0.3) is 0 Å². The minimum atomic E-state index is -0.899. The Labute approximate surface area is 165 Å². The standard InChI is InChI=1S/C18H20N4O3S2/c1-4-26-18-21-20-17(27-18)19-14(23)13(9-10(2)3)22-15(24)11-7-5-6-8-12(11)16(22)25/h5-8,10,13H,4,9H2,1-3H3,(H,19,20,23)/t13-/m1/s1. The molecule has 3 rings (SSSR count). The molecule has 7 nitrogen and oxygen atoms in total. The Morgan fingerprint density at radius 2 is 1.81 bits per heavy atom. The van der Waals surface area contributed by atoms with Crippen LogP contribution in [0, 0.1) is 5.92 Å². The normalized spacial score (nSPS) is 14.6. The van der Waals surface area contributed by atoms with Gasteiger partial charge in [0, 0.05) is 0 Å². The number of thioether (sulfide) groups is 1. The van der Waals surface area contributed by atoms with E-state index in [1.54, 1.807) is 24.3 Å². The molecular weight excluding hydrogens is 384 g/mol. The highest BCUT2D eigenvalue weighted by molar-refractivity contribution is 8.01. The van der Waals surface area contributed by atoms with E-state index in [1.165, 1.54) is 23.1 Å². The number of hydrogen-bond donors (Lipinski definition) is 1. The molecule has 9 heteroatoms. The summed E-state index contributed by atoms with van der Waals surface area (Å²) in [7, 11) is 0. The number of amides is 3. The smallest absolute Gasteiger partial charge is 0.262 e. The summed E-state index contributed by atoms with van der Waals surface area (Å²) in [5.41, 5.74) is 0.670. The predicted molar refractivity (Wildman–Crippen MR) is 105 cm³/mol. The summed E-state index contributed by atoms with van der Waals surface area (Å²) in [5, 5.41) is 11.1. The summed E-state index contributed by atoms with van der Waals surface area (Å²) >= 11 is 2.81. The van der Waals surface area contributed by atoms with Crippen molar-refractivity contribution in [3.05, 3.63) is 35.4 Å². The molecule has 0 radical (unpaired) electrons. The van der Waals surface area contributed by atoms with Crippen molar-refractivity contribution in [3.8, 4) is 0 Å². The molecule has 0 fully saturated rings. The molecule has 0 aliphatic carbocycles. The molecule has 0 spiro atoms. The molecule has 2 heterocycles. The predicted octanol–water partition coefficient (Wildman–Crippen LogP) is 3.30. The van der Waals surface area contributed by atoms with Crippen LogP contribution in [-0.2, 0) is 4.79 Å². The van der Waals surface area contributed by atoms with E-state index in [-0.39, 0.29) is 5.92 Å². The Bertz CT molecular complexity index is 846. The van der Waals surface area contributed by atoms with Crippen LogP contribution >= 0.6 is 23.1 Å². The van der Waals surface area contributed by atoms with E-state index in [1.807, 2.05) is 20.8 Å². The molecule has 0 unspecified atom stereocenters. The van der Waals surface area contributed by atoms with Crippen LogP contribution in [0.4, 0.5) is 5.13 Å². The number of hydrogen-bond acceptors (Lipinski definition) is 7. The maximum atomic E-state index is 12.9. The fourth-order valence-electron chi connectivity index (χ4n) is 2.90. The lowest BCUT2D eigenvalue weighted by Crippen LogP contribution is -2.47. The molecule has 27 heavy (non-hydrogen) atoms. The van der Waals surface area contributed by atoms with E-state index in [0.29, 0.717) is 22.7 Å². The van der Waals surface area contributed by atoms with Crippen LogP contribution in [0.1, 0.15) is 47.9 Å². The second-order valence-electron chi connectivity index (χ2n) is 6.47. The van der Waals surface area contributed by atoms with Crippen molar-refractivity contribution in [2.45, 2.75) is 37.6 Å². The van der Waals surface area contributed by atoms with Gasteiger partial charge in [-0.2, -0.15) is 0 Å². The van der Waals surface area contributed by atoms with Crippen molar-refractivity contribution in [3.63, 3.8) is 0 Å². The highest BCUT2D eigenvalue weighted by atomic mass is 32.2. The lowest BCUT2D eigenvalue weighted by atomic mass is 10.0. The zero-order valence-corrected chi connectivity index (χ0v) is 16.9. The Morgan fingerprint density at radius 1 is 1.19 bits per heavy atom. The van der Waals surface area contributed by atoms with Crippen molar-refractivity contribution in [1.29, 1.82) is 0 Å². The molecule has 1 aromatic heterocycles. The highest BCUT2D eigenvalue weighted by Crippen LogP contribution is 2.29. The van der Waals surface area contributed by atoms with E-state index >= 15 is 0 Å². The summed E-state index contributed by atoms with van der Waals surface area (Å²) in [6, 6.07) is 5.74. The first kappa shape index (κ1) is 19.5. The molecule has 0 saturated heterocycles. The third-order valence-electron chi connectivity index (χ3n) is 4.04. The summed E-state index contributed by atoms with van der Waals surface area (Å²) in [4.78, 5) is 39.5. The molecule has 0 saturated carbocycles.